The molecule has 18 heavy (non-hydrogen) atoms. The van der Waals surface area contributed by atoms with Gasteiger partial charge in [0.05, 0.1) is 12.8 Å². The number of carbonyl (C=O) groups is 1. The van der Waals surface area contributed by atoms with E-state index in [0.29, 0.717) is 12.2 Å². The van der Waals surface area contributed by atoms with Crippen molar-refractivity contribution in [3.8, 4) is 0 Å². The van der Waals surface area contributed by atoms with E-state index in [2.05, 4.69) is 5.10 Å². The van der Waals surface area contributed by atoms with E-state index < -0.39 is 0 Å². The van der Waals surface area contributed by atoms with Gasteiger partial charge in [-0.15, -0.1) is 11.3 Å². The fourth-order valence-electron chi connectivity index (χ4n) is 1.69. The number of fused-ring (bicyclic) bond motifs is 1. The minimum absolute atomic E-state index is 0.308. The second-order valence-corrected chi connectivity index (χ2v) is 4.94. The number of thiazole rings is 1. The first kappa shape index (κ1) is 13.0. The molecule has 0 aromatic carbocycles. The van der Waals surface area contributed by atoms with Crippen LogP contribution >= 0.6 is 11.3 Å². The highest BCUT2D eigenvalue weighted by molar-refractivity contribution is 7.17. The lowest BCUT2D eigenvalue weighted by Crippen LogP contribution is -2.03. The van der Waals surface area contributed by atoms with Gasteiger partial charge in [-0.3, -0.25) is 0 Å². The topological polar surface area (TPSA) is 52.8 Å². The molecular formula is C12H16N2O3S. The summed E-state index contributed by atoms with van der Waals surface area (Å²) in [6, 6.07) is 0. The predicted octanol–water partition coefficient (Wildman–Crippen LogP) is 2.15. The van der Waals surface area contributed by atoms with Crippen molar-refractivity contribution in [2.45, 2.75) is 19.8 Å². The maximum atomic E-state index is 11.7. The Hall–Kier alpha value is -1.40. The molecule has 0 saturated heterocycles. The summed E-state index contributed by atoms with van der Waals surface area (Å²) >= 11 is 1.58. The van der Waals surface area contributed by atoms with Crippen molar-refractivity contribution in [3.63, 3.8) is 0 Å². The van der Waals surface area contributed by atoms with Crippen molar-refractivity contribution >= 4 is 22.1 Å². The van der Waals surface area contributed by atoms with Crippen LogP contribution < -0.4 is 0 Å². The van der Waals surface area contributed by atoms with Crippen LogP contribution in [0.4, 0.5) is 0 Å². The molecule has 2 aromatic heterocycles. The van der Waals surface area contributed by atoms with Crippen LogP contribution in [0.2, 0.25) is 0 Å². The van der Waals surface area contributed by atoms with Crippen molar-refractivity contribution < 1.29 is 14.3 Å². The normalized spacial score (nSPS) is 11.0. The molecule has 98 valence electrons. The summed E-state index contributed by atoms with van der Waals surface area (Å²) in [6.07, 6.45) is 5.42. The molecule has 0 bridgehead atoms. The van der Waals surface area contributed by atoms with E-state index in [4.69, 9.17) is 9.47 Å². The molecule has 6 heteroatoms. The third-order valence-electron chi connectivity index (χ3n) is 2.51. The zero-order chi connectivity index (χ0) is 13.0. The van der Waals surface area contributed by atoms with Gasteiger partial charge in [0, 0.05) is 24.8 Å². The average molecular weight is 268 g/mol. The minimum Gasteiger partial charge on any atom is -0.462 e. The zero-order valence-electron chi connectivity index (χ0n) is 10.5. The van der Waals surface area contributed by atoms with Crippen molar-refractivity contribution in [2.24, 2.45) is 0 Å². The van der Waals surface area contributed by atoms with E-state index in [-0.39, 0.29) is 5.97 Å². The molecule has 0 aliphatic rings. The van der Waals surface area contributed by atoms with Crippen molar-refractivity contribution in [1.29, 1.82) is 0 Å². The number of aromatic nitrogens is 2. The summed E-state index contributed by atoms with van der Waals surface area (Å²) in [6.45, 7) is 2.91. The number of hydrogen-bond donors (Lipinski definition) is 0. The predicted molar refractivity (Wildman–Crippen MR) is 69.2 cm³/mol. The molecule has 0 unspecified atom stereocenters. The van der Waals surface area contributed by atoms with Gasteiger partial charge < -0.3 is 9.47 Å². The SMILES string of the molecule is CCOC(=O)c1cnn2cc(CCCOC)sc12. The Morgan fingerprint density at radius 2 is 2.39 bits per heavy atom. The Morgan fingerprint density at radius 1 is 1.56 bits per heavy atom. The van der Waals surface area contributed by atoms with Crippen molar-refractivity contribution in [1.82, 2.24) is 9.61 Å². The number of methoxy groups -OCH3 is 1. The van der Waals surface area contributed by atoms with Gasteiger partial charge in [-0.2, -0.15) is 5.10 Å². The van der Waals surface area contributed by atoms with E-state index in [1.807, 2.05) is 6.20 Å². The molecule has 2 heterocycles. The number of ether oxygens (including phenoxy) is 2. The summed E-state index contributed by atoms with van der Waals surface area (Å²) < 4.78 is 11.8. The first-order chi connectivity index (χ1) is 8.76. The van der Waals surface area contributed by atoms with Gasteiger partial charge in [-0.05, 0) is 19.8 Å². The number of esters is 1. The van der Waals surface area contributed by atoms with Crippen LogP contribution in [0.3, 0.4) is 0 Å². The third kappa shape index (κ3) is 2.70. The lowest BCUT2D eigenvalue weighted by molar-refractivity contribution is 0.0529. The molecule has 2 aromatic rings. The fraction of sp³-hybridized carbons (Fsp3) is 0.500. The molecule has 5 nitrogen and oxygen atoms in total. The Bertz CT molecular complexity index is 532. The summed E-state index contributed by atoms with van der Waals surface area (Å²) in [5.41, 5.74) is 0.542. The monoisotopic (exact) mass is 268 g/mol. The van der Waals surface area contributed by atoms with Gasteiger partial charge in [-0.1, -0.05) is 0 Å². The largest absolute Gasteiger partial charge is 0.462 e. The summed E-state index contributed by atoms with van der Waals surface area (Å²) in [5, 5.41) is 4.17. The fourth-order valence-corrected chi connectivity index (χ4v) is 2.77. The second kappa shape index (κ2) is 5.97. The molecule has 0 spiro atoms. The van der Waals surface area contributed by atoms with Gasteiger partial charge in [0.1, 0.15) is 10.4 Å². The Morgan fingerprint density at radius 3 is 3.11 bits per heavy atom. The van der Waals surface area contributed by atoms with Crippen molar-refractivity contribution in [2.75, 3.05) is 20.3 Å². The standard InChI is InChI=1S/C12H16N2O3S/c1-3-17-12(15)10-7-13-14-8-9(18-11(10)14)5-4-6-16-2/h7-8H,3-6H2,1-2H3. The van der Waals surface area contributed by atoms with Crippen LogP contribution in [0.5, 0.6) is 0 Å². The van der Waals surface area contributed by atoms with Gasteiger partial charge in [0.25, 0.3) is 0 Å². The van der Waals surface area contributed by atoms with Crippen LogP contribution in [0, 0.1) is 0 Å². The number of carbonyl (C=O) groups excluding carboxylic acids is 1. The highest BCUT2D eigenvalue weighted by Gasteiger charge is 2.16. The molecule has 0 N–H and O–H groups in total. The lowest BCUT2D eigenvalue weighted by atomic mass is 10.3. The highest BCUT2D eigenvalue weighted by atomic mass is 32.1. The molecule has 2 rings (SSSR count). The Balaban J connectivity index is 2.16. The number of rotatable bonds is 6. The van der Waals surface area contributed by atoms with E-state index in [1.54, 1.807) is 36.1 Å². The van der Waals surface area contributed by atoms with Gasteiger partial charge in [-0.25, -0.2) is 9.31 Å². The molecule has 0 radical (unpaired) electrons. The number of aryl methyl sites for hydroxylation is 1. The summed E-state index contributed by atoms with van der Waals surface area (Å²) in [5.74, 6) is -0.308. The van der Waals surface area contributed by atoms with Crippen LogP contribution in [-0.4, -0.2) is 35.9 Å². The molecule has 0 atom stereocenters. The van der Waals surface area contributed by atoms with Crippen molar-refractivity contribution in [3.05, 3.63) is 22.8 Å². The van der Waals surface area contributed by atoms with Gasteiger partial charge >= 0.3 is 5.97 Å². The van der Waals surface area contributed by atoms with Crippen LogP contribution in [0.1, 0.15) is 28.6 Å². The van der Waals surface area contributed by atoms with Gasteiger partial charge in [0.15, 0.2) is 0 Å². The second-order valence-electron chi connectivity index (χ2n) is 3.82. The molecule has 0 saturated carbocycles. The highest BCUT2D eigenvalue weighted by Crippen LogP contribution is 2.23. The minimum atomic E-state index is -0.308. The maximum Gasteiger partial charge on any atom is 0.342 e. The lowest BCUT2D eigenvalue weighted by Gasteiger charge is -1.97. The van der Waals surface area contributed by atoms with Gasteiger partial charge in [0.2, 0.25) is 0 Å². The maximum absolute atomic E-state index is 11.7. The number of nitrogens with zero attached hydrogens (tertiary/aromatic N) is 2. The Kier molecular flexibility index (Phi) is 4.33. The average Bonchev–Trinajstić information content (AvgIpc) is 2.89. The molecule has 0 amide bonds. The van der Waals surface area contributed by atoms with Crippen LogP contribution in [-0.2, 0) is 15.9 Å². The summed E-state index contributed by atoms with van der Waals surface area (Å²) in [4.78, 5) is 13.7. The summed E-state index contributed by atoms with van der Waals surface area (Å²) in [7, 11) is 1.69. The Labute approximate surface area is 109 Å². The first-order valence-corrected chi connectivity index (χ1v) is 6.70. The number of hydrogen-bond acceptors (Lipinski definition) is 5. The third-order valence-corrected chi connectivity index (χ3v) is 3.68. The molecule has 0 aliphatic heterocycles. The van der Waals surface area contributed by atoms with Crippen LogP contribution in [0.25, 0.3) is 4.83 Å². The van der Waals surface area contributed by atoms with Crippen LogP contribution in [0.15, 0.2) is 12.4 Å². The smallest absolute Gasteiger partial charge is 0.342 e. The zero-order valence-corrected chi connectivity index (χ0v) is 11.3. The van der Waals surface area contributed by atoms with E-state index >= 15 is 0 Å². The molecule has 0 fully saturated rings. The van der Waals surface area contributed by atoms with E-state index in [9.17, 15) is 4.79 Å². The van der Waals surface area contributed by atoms with E-state index in [1.165, 1.54) is 4.88 Å². The quantitative estimate of drug-likeness (QED) is 0.595. The first-order valence-electron chi connectivity index (χ1n) is 5.88. The molecule has 0 aliphatic carbocycles. The van der Waals surface area contributed by atoms with E-state index in [0.717, 1.165) is 24.3 Å². The molecular weight excluding hydrogens is 252 g/mol.